The second kappa shape index (κ2) is 30.6. The van der Waals surface area contributed by atoms with Gasteiger partial charge in [0.1, 0.15) is 6.61 Å². The van der Waals surface area contributed by atoms with Gasteiger partial charge >= 0.3 is 5.97 Å². The highest BCUT2D eigenvalue weighted by molar-refractivity contribution is 6.40. The van der Waals surface area contributed by atoms with Crippen LogP contribution in [0.4, 0.5) is 0 Å². The Kier molecular flexibility index (Phi) is 27.8. The first-order valence-electron chi connectivity index (χ1n) is 16.4. The monoisotopic (exact) mass is 594 g/mol. The Morgan fingerprint density at radius 1 is 0.452 bits per heavy atom. The largest absolute Gasteiger partial charge is 0.457 e. The van der Waals surface area contributed by atoms with Gasteiger partial charge in [-0.05, 0) is 6.42 Å². The van der Waals surface area contributed by atoms with Gasteiger partial charge in [0.15, 0.2) is 0 Å². The SMILES string of the molecule is CCCCCCCCCCCCCCCCOCCOCCOCCOCCOCCOC(=O)C(=O)c1ccccc1. The van der Waals surface area contributed by atoms with Crippen molar-refractivity contribution in [2.24, 2.45) is 0 Å². The molecule has 0 saturated carbocycles. The molecular formula is C34H58O8. The average Bonchev–Trinajstić information content (AvgIpc) is 3.02. The van der Waals surface area contributed by atoms with Gasteiger partial charge < -0.3 is 28.4 Å². The zero-order valence-corrected chi connectivity index (χ0v) is 26.3. The molecule has 1 rings (SSSR count). The summed E-state index contributed by atoms with van der Waals surface area (Å²) in [6.07, 6.45) is 19.1. The van der Waals surface area contributed by atoms with E-state index in [1.807, 2.05) is 0 Å². The van der Waals surface area contributed by atoms with E-state index < -0.39 is 11.8 Å². The van der Waals surface area contributed by atoms with Crippen LogP contribution in [-0.2, 0) is 33.2 Å². The van der Waals surface area contributed by atoms with Gasteiger partial charge in [0.05, 0.1) is 59.5 Å². The van der Waals surface area contributed by atoms with Crippen molar-refractivity contribution in [2.45, 2.75) is 96.8 Å². The highest BCUT2D eigenvalue weighted by Crippen LogP contribution is 2.13. The molecule has 8 nitrogen and oxygen atoms in total. The molecule has 0 saturated heterocycles. The summed E-state index contributed by atoms with van der Waals surface area (Å²) in [5, 5.41) is 0. The summed E-state index contributed by atoms with van der Waals surface area (Å²) < 4.78 is 32.4. The molecule has 0 heterocycles. The van der Waals surface area contributed by atoms with Crippen LogP contribution in [0.2, 0.25) is 0 Å². The summed E-state index contributed by atoms with van der Waals surface area (Å²) in [6.45, 7) is 7.32. The van der Waals surface area contributed by atoms with E-state index in [2.05, 4.69) is 6.92 Å². The zero-order chi connectivity index (χ0) is 30.2. The molecule has 242 valence electrons. The molecule has 0 aliphatic heterocycles. The predicted molar refractivity (Wildman–Crippen MR) is 166 cm³/mol. The number of unbranched alkanes of at least 4 members (excludes halogenated alkanes) is 13. The van der Waals surface area contributed by atoms with E-state index in [-0.39, 0.29) is 13.2 Å². The minimum atomic E-state index is -0.880. The Labute approximate surface area is 255 Å². The molecule has 0 N–H and O–H groups in total. The van der Waals surface area contributed by atoms with E-state index in [1.165, 1.54) is 83.5 Å². The first-order valence-corrected chi connectivity index (χ1v) is 16.4. The van der Waals surface area contributed by atoms with Crippen molar-refractivity contribution in [3.8, 4) is 0 Å². The molecular weight excluding hydrogens is 536 g/mol. The quantitative estimate of drug-likeness (QED) is 0.0382. The number of carbonyl (C=O) groups is 2. The number of Topliss-reactive ketones (excluding diaryl/α,β-unsaturated/α-hetero) is 1. The molecule has 8 heteroatoms. The van der Waals surface area contributed by atoms with Crippen LogP contribution < -0.4 is 0 Å². The van der Waals surface area contributed by atoms with Crippen LogP contribution in [0.5, 0.6) is 0 Å². The fourth-order valence-corrected chi connectivity index (χ4v) is 4.35. The van der Waals surface area contributed by atoms with Gasteiger partial charge in [0.25, 0.3) is 5.78 Å². The summed E-state index contributed by atoms with van der Waals surface area (Å²) in [7, 11) is 0. The molecule has 0 amide bonds. The van der Waals surface area contributed by atoms with Gasteiger partial charge in [-0.15, -0.1) is 0 Å². The number of ketones is 1. The lowest BCUT2D eigenvalue weighted by molar-refractivity contribution is -0.139. The summed E-state index contributed by atoms with van der Waals surface area (Å²) in [4.78, 5) is 23.6. The fraction of sp³-hybridized carbons (Fsp3) is 0.765. The smallest absolute Gasteiger partial charge is 0.379 e. The Morgan fingerprint density at radius 2 is 0.810 bits per heavy atom. The molecule has 1 aromatic rings. The molecule has 42 heavy (non-hydrogen) atoms. The van der Waals surface area contributed by atoms with Crippen molar-refractivity contribution in [1.29, 1.82) is 0 Å². The molecule has 1 aromatic carbocycles. The fourth-order valence-electron chi connectivity index (χ4n) is 4.35. The summed E-state index contributed by atoms with van der Waals surface area (Å²) in [6, 6.07) is 8.32. The summed E-state index contributed by atoms with van der Waals surface area (Å²) in [5.41, 5.74) is 0.310. The number of hydrogen-bond donors (Lipinski definition) is 0. The summed E-state index contributed by atoms with van der Waals surface area (Å²) in [5.74, 6) is -1.54. The zero-order valence-electron chi connectivity index (χ0n) is 26.3. The van der Waals surface area contributed by atoms with Crippen LogP contribution in [-0.4, -0.2) is 84.4 Å². The lowest BCUT2D eigenvalue weighted by Gasteiger charge is -2.08. The van der Waals surface area contributed by atoms with Gasteiger partial charge in [0.2, 0.25) is 0 Å². The van der Waals surface area contributed by atoms with Crippen LogP contribution >= 0.6 is 0 Å². The highest BCUT2D eigenvalue weighted by atomic mass is 16.6. The van der Waals surface area contributed by atoms with Crippen molar-refractivity contribution in [3.63, 3.8) is 0 Å². The van der Waals surface area contributed by atoms with E-state index >= 15 is 0 Å². The van der Waals surface area contributed by atoms with E-state index in [0.717, 1.165) is 13.0 Å². The van der Waals surface area contributed by atoms with Crippen LogP contribution in [0.1, 0.15) is 107 Å². The second-order valence-corrected chi connectivity index (χ2v) is 10.5. The lowest BCUT2D eigenvalue weighted by atomic mass is 10.0. The molecule has 0 aliphatic carbocycles. The highest BCUT2D eigenvalue weighted by Gasteiger charge is 2.17. The third kappa shape index (κ3) is 24.7. The Bertz CT molecular complexity index is 728. The van der Waals surface area contributed by atoms with Crippen molar-refractivity contribution in [2.75, 3.05) is 72.7 Å². The summed E-state index contributed by atoms with van der Waals surface area (Å²) >= 11 is 0. The van der Waals surface area contributed by atoms with Crippen molar-refractivity contribution < 1.29 is 38.0 Å². The topological polar surface area (TPSA) is 89.5 Å². The van der Waals surface area contributed by atoms with Crippen molar-refractivity contribution in [3.05, 3.63) is 35.9 Å². The van der Waals surface area contributed by atoms with Crippen LogP contribution in [0, 0.1) is 0 Å². The number of esters is 1. The predicted octanol–water partition coefficient (Wildman–Crippen LogP) is 6.98. The maximum Gasteiger partial charge on any atom is 0.379 e. The molecule has 0 aliphatic rings. The minimum absolute atomic E-state index is 0.0189. The second-order valence-electron chi connectivity index (χ2n) is 10.5. The molecule has 0 aromatic heterocycles. The number of rotatable bonds is 32. The minimum Gasteiger partial charge on any atom is -0.457 e. The lowest BCUT2D eigenvalue weighted by Crippen LogP contribution is -2.20. The van der Waals surface area contributed by atoms with Crippen molar-refractivity contribution in [1.82, 2.24) is 0 Å². The van der Waals surface area contributed by atoms with E-state index in [9.17, 15) is 9.59 Å². The van der Waals surface area contributed by atoms with Gasteiger partial charge in [-0.3, -0.25) is 4.79 Å². The number of hydrogen-bond acceptors (Lipinski definition) is 8. The van der Waals surface area contributed by atoms with Crippen LogP contribution in [0.3, 0.4) is 0 Å². The number of benzene rings is 1. The molecule has 0 radical (unpaired) electrons. The maximum absolute atomic E-state index is 11.9. The first kappa shape index (κ1) is 38.2. The Balaban J connectivity index is 1.68. The number of carbonyl (C=O) groups excluding carboxylic acids is 2. The van der Waals surface area contributed by atoms with Gasteiger partial charge in [0, 0.05) is 12.2 Å². The van der Waals surface area contributed by atoms with Gasteiger partial charge in [-0.2, -0.15) is 0 Å². The molecule has 0 unspecified atom stereocenters. The molecule has 0 spiro atoms. The van der Waals surface area contributed by atoms with Crippen LogP contribution in [0.25, 0.3) is 0 Å². The van der Waals surface area contributed by atoms with Crippen LogP contribution in [0.15, 0.2) is 30.3 Å². The molecule has 0 bridgehead atoms. The first-order chi connectivity index (χ1) is 20.8. The normalized spacial score (nSPS) is 11.2. The third-order valence-electron chi connectivity index (χ3n) is 6.81. The Morgan fingerprint density at radius 3 is 1.24 bits per heavy atom. The third-order valence-corrected chi connectivity index (χ3v) is 6.81. The van der Waals surface area contributed by atoms with E-state index in [4.69, 9.17) is 28.4 Å². The average molecular weight is 595 g/mol. The Hall–Kier alpha value is -1.84. The van der Waals surface area contributed by atoms with Crippen molar-refractivity contribution >= 4 is 11.8 Å². The maximum atomic E-state index is 11.9. The van der Waals surface area contributed by atoms with Gasteiger partial charge in [-0.1, -0.05) is 121 Å². The number of ether oxygens (including phenoxy) is 6. The van der Waals surface area contributed by atoms with E-state index in [1.54, 1.807) is 30.3 Å². The molecule has 0 atom stereocenters. The molecule has 0 fully saturated rings. The standard InChI is InChI=1S/C34H58O8/c1-2-3-4-5-6-7-8-9-10-11-12-13-14-18-21-37-22-23-38-24-25-39-26-27-40-28-29-41-30-31-42-34(36)33(35)32-19-16-15-17-20-32/h15-17,19-20H,2-14,18,21-31H2,1H3. The van der Waals surface area contributed by atoms with Gasteiger partial charge in [-0.25, -0.2) is 4.79 Å². The van der Waals surface area contributed by atoms with E-state index in [0.29, 0.717) is 58.4 Å².